The van der Waals surface area contributed by atoms with Crippen LogP contribution in [0.2, 0.25) is 0 Å². The second-order valence-electron chi connectivity index (χ2n) is 24.3. The Morgan fingerprint density at radius 1 is 0.290 bits per heavy atom. The maximum atomic E-state index is 7.19. The summed E-state index contributed by atoms with van der Waals surface area (Å²) in [6.07, 6.45) is 0. The van der Waals surface area contributed by atoms with E-state index >= 15 is 0 Å². The van der Waals surface area contributed by atoms with Crippen molar-refractivity contribution < 1.29 is 4.74 Å². The molecule has 15 aromatic rings. The maximum absolute atomic E-state index is 7.19. The second kappa shape index (κ2) is 21.5. The molecule has 0 saturated heterocycles. The monoisotopic (exact) mass is 1200 g/mol. The first-order valence-corrected chi connectivity index (χ1v) is 32.7. The molecule has 0 spiro atoms. The van der Waals surface area contributed by atoms with E-state index in [2.05, 4.69) is 358 Å². The van der Waals surface area contributed by atoms with Gasteiger partial charge in [-0.25, -0.2) is 0 Å². The Labute approximate surface area is 545 Å². The number of fused-ring (bicyclic) bond motifs is 11. The van der Waals surface area contributed by atoms with Gasteiger partial charge in [-0.2, -0.15) is 0 Å². The van der Waals surface area contributed by atoms with Gasteiger partial charge in [0.1, 0.15) is 11.5 Å². The van der Waals surface area contributed by atoms with Gasteiger partial charge in [-0.15, -0.1) is 0 Å². The number of rotatable bonds is 10. The van der Waals surface area contributed by atoms with E-state index in [0.717, 1.165) is 113 Å². The zero-order valence-corrected chi connectivity index (χ0v) is 51.3. The highest BCUT2D eigenvalue weighted by atomic mass is 32.2. The van der Waals surface area contributed by atoms with Crippen molar-refractivity contribution in [2.24, 2.45) is 0 Å². The van der Waals surface area contributed by atoms with E-state index in [-0.39, 0.29) is 13.4 Å². The molecule has 0 N–H and O–H groups in total. The molecule has 19 rings (SSSR count). The molecule has 9 heteroatoms. The van der Waals surface area contributed by atoms with Gasteiger partial charge in [-0.1, -0.05) is 217 Å². The molecule has 0 atom stereocenters. The molecule has 0 saturated carbocycles. The summed E-state index contributed by atoms with van der Waals surface area (Å²) < 4.78 is 9.66. The maximum Gasteiger partial charge on any atom is 0.253 e. The fourth-order valence-corrected chi connectivity index (χ4v) is 16.5. The van der Waals surface area contributed by atoms with E-state index in [4.69, 9.17) is 4.74 Å². The molecular weight excluding hydrogens is 1150 g/mol. The van der Waals surface area contributed by atoms with Gasteiger partial charge in [0.2, 0.25) is 0 Å². The molecule has 0 radical (unpaired) electrons. The summed E-state index contributed by atoms with van der Waals surface area (Å²) in [6, 6.07) is 123. The standard InChI is InChI=1S/C84H55B2N5OS/c1-8-28-56(29-9-1)66-52-67-65-42-22-25-45-72(65)89(61-38-18-6-19-39-61)75(67)54-74(66)91-76-55-81-71(86-69-44-24-27-47-79(69)92-80-50-64(51-82(93-81)84(80)86)88(59-34-14-4-15-35-59)60-36-16-5-17-37-60)53-70(76)85-68-43-23-26-46-73(68)90(62-40-20-7-21-41-62)77-48-63(49-78(91)83(77)85)87(57-30-10-2-11-31-57)58-32-12-3-13-33-58/h1-55H. The molecule has 5 heterocycles. The first kappa shape index (κ1) is 53.2. The van der Waals surface area contributed by atoms with Gasteiger partial charge in [-0.3, -0.25) is 0 Å². The summed E-state index contributed by atoms with van der Waals surface area (Å²) in [5.74, 6) is 1.75. The van der Waals surface area contributed by atoms with Crippen molar-refractivity contribution >= 4 is 148 Å². The Morgan fingerprint density at radius 2 is 0.806 bits per heavy atom. The molecular formula is C84H55B2N5OS. The van der Waals surface area contributed by atoms with Crippen LogP contribution in [0.4, 0.5) is 68.2 Å². The third-order valence-corrected chi connectivity index (χ3v) is 20.3. The largest absolute Gasteiger partial charge is 0.458 e. The molecule has 4 aliphatic rings. The SMILES string of the molecule is c1ccc(-c2cc3c4ccccc4n(-c4ccccc4)c3cc2N2c3cc4c(cc3B3c5ccccc5N(c5ccccc5)c5cc(N(c6ccccc6)c6ccccc6)cc2c53)B2c3ccccc3Oc3cc(N(c5ccccc5)c5ccccc5)cc(c32)S4)cc1. The Bertz CT molecular complexity index is 5350. The molecule has 0 amide bonds. The van der Waals surface area contributed by atoms with Crippen molar-refractivity contribution in [2.45, 2.75) is 9.79 Å². The van der Waals surface area contributed by atoms with Crippen molar-refractivity contribution in [3.8, 4) is 28.3 Å². The van der Waals surface area contributed by atoms with Crippen molar-refractivity contribution in [1.82, 2.24) is 4.57 Å². The lowest BCUT2D eigenvalue weighted by molar-refractivity contribution is 0.486. The molecule has 0 unspecified atom stereocenters. The van der Waals surface area contributed by atoms with Crippen LogP contribution < -0.4 is 57.1 Å². The molecule has 0 fully saturated rings. The topological polar surface area (TPSA) is 27.1 Å². The van der Waals surface area contributed by atoms with Crippen molar-refractivity contribution in [3.63, 3.8) is 0 Å². The van der Waals surface area contributed by atoms with Gasteiger partial charge in [-0.05, 0) is 160 Å². The number of nitrogens with zero attached hydrogens (tertiary/aromatic N) is 5. The quantitative estimate of drug-likeness (QED) is 0.127. The number of anilines is 12. The number of benzene rings is 14. The van der Waals surface area contributed by atoms with E-state index in [1.54, 1.807) is 0 Å². The lowest BCUT2D eigenvalue weighted by Crippen LogP contribution is -2.64. The minimum atomic E-state index is -0.188. The minimum absolute atomic E-state index is 0.128. The molecule has 6 nitrogen and oxygen atoms in total. The van der Waals surface area contributed by atoms with Gasteiger partial charge in [0.15, 0.2) is 0 Å². The molecule has 4 aliphatic heterocycles. The van der Waals surface area contributed by atoms with Crippen LogP contribution in [-0.4, -0.2) is 18.0 Å². The summed E-state index contributed by atoms with van der Waals surface area (Å²) in [7, 11) is 0. The van der Waals surface area contributed by atoms with E-state index in [1.165, 1.54) is 47.9 Å². The number of hydrogen-bond acceptors (Lipinski definition) is 6. The summed E-state index contributed by atoms with van der Waals surface area (Å²) in [4.78, 5) is 12.3. The van der Waals surface area contributed by atoms with Crippen LogP contribution >= 0.6 is 11.8 Å². The predicted molar refractivity (Wildman–Crippen MR) is 391 cm³/mol. The number of ether oxygens (including phenoxy) is 1. The predicted octanol–water partition coefficient (Wildman–Crippen LogP) is 18.6. The molecule has 93 heavy (non-hydrogen) atoms. The second-order valence-corrected chi connectivity index (χ2v) is 25.4. The van der Waals surface area contributed by atoms with Crippen LogP contribution in [0.25, 0.3) is 38.6 Å². The van der Waals surface area contributed by atoms with Crippen LogP contribution in [0.15, 0.2) is 343 Å². The van der Waals surface area contributed by atoms with Crippen molar-refractivity contribution in [3.05, 3.63) is 334 Å². The average Bonchev–Trinajstić information content (AvgIpc) is 0.793. The van der Waals surface area contributed by atoms with Crippen molar-refractivity contribution in [2.75, 3.05) is 19.6 Å². The van der Waals surface area contributed by atoms with Crippen molar-refractivity contribution in [1.29, 1.82) is 0 Å². The zero-order valence-electron chi connectivity index (χ0n) is 50.5. The lowest BCUT2D eigenvalue weighted by atomic mass is 9.31. The average molecular weight is 1200 g/mol. The molecule has 0 aliphatic carbocycles. The highest BCUT2D eigenvalue weighted by Gasteiger charge is 2.47. The lowest BCUT2D eigenvalue weighted by Gasteiger charge is -2.46. The minimum Gasteiger partial charge on any atom is -0.458 e. The third-order valence-electron chi connectivity index (χ3n) is 19.2. The fraction of sp³-hybridized carbons (Fsp3) is 0. The summed E-state index contributed by atoms with van der Waals surface area (Å²) in [6.45, 7) is -0.316. The Balaban J connectivity index is 0.948. The summed E-state index contributed by atoms with van der Waals surface area (Å²) in [5, 5.41) is 2.39. The zero-order chi connectivity index (χ0) is 61.1. The first-order valence-electron chi connectivity index (χ1n) is 31.9. The molecule has 434 valence electrons. The van der Waals surface area contributed by atoms with Crippen LogP contribution in [0.1, 0.15) is 0 Å². The Kier molecular flexibility index (Phi) is 12.3. The molecule has 1 aromatic heterocycles. The van der Waals surface area contributed by atoms with E-state index < -0.39 is 0 Å². The summed E-state index contributed by atoms with van der Waals surface area (Å²) >= 11 is 1.86. The Hall–Kier alpha value is -11.6. The number of para-hydroxylation sites is 9. The summed E-state index contributed by atoms with van der Waals surface area (Å²) in [5.41, 5.74) is 26.0. The third kappa shape index (κ3) is 8.47. The number of hydrogen-bond donors (Lipinski definition) is 0. The van der Waals surface area contributed by atoms with E-state index in [0.29, 0.717) is 0 Å². The van der Waals surface area contributed by atoms with Gasteiger partial charge < -0.3 is 28.9 Å². The van der Waals surface area contributed by atoms with Gasteiger partial charge >= 0.3 is 0 Å². The highest BCUT2D eigenvalue weighted by Crippen LogP contribution is 2.53. The highest BCUT2D eigenvalue weighted by molar-refractivity contribution is 8.00. The fourth-order valence-electron chi connectivity index (χ4n) is 15.3. The van der Waals surface area contributed by atoms with Gasteiger partial charge in [0, 0.05) is 89.1 Å². The van der Waals surface area contributed by atoms with Gasteiger partial charge in [0.25, 0.3) is 13.4 Å². The molecule has 14 aromatic carbocycles. The van der Waals surface area contributed by atoms with Crippen LogP contribution in [0, 0.1) is 0 Å². The van der Waals surface area contributed by atoms with Crippen LogP contribution in [0.5, 0.6) is 11.5 Å². The normalized spacial score (nSPS) is 12.9. The smallest absolute Gasteiger partial charge is 0.253 e. The first-order chi connectivity index (χ1) is 46.2. The van der Waals surface area contributed by atoms with Crippen LogP contribution in [0.3, 0.4) is 0 Å². The van der Waals surface area contributed by atoms with Crippen LogP contribution in [-0.2, 0) is 0 Å². The number of aromatic nitrogens is 1. The van der Waals surface area contributed by atoms with Gasteiger partial charge in [0.05, 0.1) is 28.1 Å². The van der Waals surface area contributed by atoms with E-state index in [1.807, 2.05) is 11.8 Å². The molecule has 0 bridgehead atoms. The van der Waals surface area contributed by atoms with E-state index in [9.17, 15) is 0 Å². The Morgan fingerprint density at radius 3 is 1.45 bits per heavy atom.